The molecule has 0 saturated heterocycles. The van der Waals surface area contributed by atoms with Crippen LogP contribution in [0.2, 0.25) is 0 Å². The lowest BCUT2D eigenvalue weighted by molar-refractivity contribution is -0.118. The Morgan fingerprint density at radius 3 is 2.89 bits per heavy atom. The van der Waals surface area contributed by atoms with Crippen LogP contribution in [0.3, 0.4) is 0 Å². The Balaban J connectivity index is 2.79. The molecule has 0 spiro atoms. The molecule has 0 aliphatic carbocycles. The molecular weight excluding hydrogens is 140 g/mol. The third kappa shape index (κ3) is 1.35. The second-order valence-corrected chi connectivity index (χ2v) is 3.23. The van der Waals surface area contributed by atoms with Crippen LogP contribution in [0.5, 0.6) is 0 Å². The molecule has 1 N–H and O–H groups in total. The van der Waals surface area contributed by atoms with Crippen molar-refractivity contribution in [3.8, 4) is 0 Å². The van der Waals surface area contributed by atoms with Gasteiger partial charge in [0.2, 0.25) is 0 Å². The van der Waals surface area contributed by atoms with Crippen LogP contribution in [0.15, 0.2) is 5.10 Å². The van der Waals surface area contributed by atoms with Crippen molar-refractivity contribution in [3.05, 3.63) is 0 Å². The van der Waals surface area contributed by atoms with Crippen LogP contribution >= 0.6 is 0 Å². The van der Waals surface area contributed by atoms with Gasteiger partial charge in [0.1, 0.15) is 10.8 Å². The highest BCUT2D eigenvalue weighted by molar-refractivity contribution is 8.01. The standard InChI is InChI=1S/C4H6N2O2S/c1-3-5-6-4(7)2-9(3)8/h2H2,1H3,(H,6,7). The lowest BCUT2D eigenvalue weighted by Crippen LogP contribution is -2.32. The minimum atomic E-state index is -1.18. The van der Waals surface area contributed by atoms with Crippen molar-refractivity contribution in [2.45, 2.75) is 6.92 Å². The Labute approximate surface area is 54.8 Å². The fourth-order valence-corrected chi connectivity index (χ4v) is 1.11. The zero-order chi connectivity index (χ0) is 6.85. The van der Waals surface area contributed by atoms with Crippen LogP contribution in [-0.2, 0) is 15.6 Å². The van der Waals surface area contributed by atoms with Crippen LogP contribution in [0.25, 0.3) is 0 Å². The van der Waals surface area contributed by atoms with Gasteiger partial charge >= 0.3 is 0 Å². The number of nitrogens with zero attached hydrogens (tertiary/aromatic N) is 1. The van der Waals surface area contributed by atoms with E-state index in [-0.39, 0.29) is 11.7 Å². The largest absolute Gasteiger partial charge is 0.272 e. The van der Waals surface area contributed by atoms with Gasteiger partial charge in [0, 0.05) is 0 Å². The molecule has 1 heterocycles. The predicted molar refractivity (Wildman–Crippen MR) is 34.3 cm³/mol. The molecule has 1 rings (SSSR count). The van der Waals surface area contributed by atoms with Gasteiger partial charge in [0.05, 0.1) is 10.8 Å². The lowest BCUT2D eigenvalue weighted by atomic mass is 10.7. The maximum absolute atomic E-state index is 10.7. The van der Waals surface area contributed by atoms with Crippen molar-refractivity contribution in [2.75, 3.05) is 5.75 Å². The van der Waals surface area contributed by atoms with E-state index in [9.17, 15) is 9.00 Å². The van der Waals surface area contributed by atoms with Crippen LogP contribution < -0.4 is 5.43 Å². The lowest BCUT2D eigenvalue weighted by Gasteiger charge is -2.06. The summed E-state index contributed by atoms with van der Waals surface area (Å²) < 4.78 is 10.7. The SMILES string of the molecule is CC1=NNC(=O)CS1=O. The highest BCUT2D eigenvalue weighted by Crippen LogP contribution is 1.92. The van der Waals surface area contributed by atoms with E-state index in [2.05, 4.69) is 10.5 Å². The number of rotatable bonds is 0. The average Bonchev–Trinajstić information content (AvgIpc) is 1.80. The van der Waals surface area contributed by atoms with Gasteiger partial charge in [-0.05, 0) is 6.92 Å². The minimum absolute atomic E-state index is 0.0509. The maximum Gasteiger partial charge on any atom is 0.253 e. The zero-order valence-electron chi connectivity index (χ0n) is 4.88. The topological polar surface area (TPSA) is 58.5 Å². The number of hydrogen-bond donors (Lipinski definition) is 1. The number of nitrogens with one attached hydrogen (secondary N) is 1. The molecule has 0 aromatic heterocycles. The first kappa shape index (κ1) is 6.41. The average molecular weight is 146 g/mol. The van der Waals surface area contributed by atoms with Gasteiger partial charge in [-0.2, -0.15) is 5.10 Å². The van der Waals surface area contributed by atoms with Gasteiger partial charge < -0.3 is 0 Å². The van der Waals surface area contributed by atoms with Crippen molar-refractivity contribution >= 4 is 21.8 Å². The monoisotopic (exact) mass is 146 g/mol. The molecular formula is C4H6N2O2S. The van der Waals surface area contributed by atoms with Gasteiger partial charge in [-0.15, -0.1) is 0 Å². The third-order valence-electron chi connectivity index (χ3n) is 0.930. The Kier molecular flexibility index (Phi) is 1.61. The van der Waals surface area contributed by atoms with Gasteiger partial charge in [-0.1, -0.05) is 0 Å². The normalized spacial score (nSPS) is 27.0. The van der Waals surface area contributed by atoms with Crippen molar-refractivity contribution in [2.24, 2.45) is 5.10 Å². The molecule has 5 heteroatoms. The van der Waals surface area contributed by atoms with E-state index in [4.69, 9.17) is 0 Å². The Bertz CT molecular complexity index is 199. The molecule has 0 bridgehead atoms. The second-order valence-electron chi connectivity index (χ2n) is 1.66. The van der Waals surface area contributed by atoms with Gasteiger partial charge in [-0.3, -0.25) is 9.00 Å². The highest BCUT2D eigenvalue weighted by Gasteiger charge is 2.14. The highest BCUT2D eigenvalue weighted by atomic mass is 32.2. The summed E-state index contributed by atoms with van der Waals surface area (Å²) in [4.78, 5) is 10.4. The molecule has 0 saturated carbocycles. The first-order chi connectivity index (χ1) is 4.20. The first-order valence-electron chi connectivity index (χ1n) is 2.41. The molecule has 0 aromatic rings. The van der Waals surface area contributed by atoms with Crippen LogP contribution in [0, 0.1) is 0 Å². The Hall–Kier alpha value is -0.710. The summed E-state index contributed by atoms with van der Waals surface area (Å²) in [5.74, 6) is -0.228. The molecule has 0 fully saturated rings. The van der Waals surface area contributed by atoms with E-state index >= 15 is 0 Å². The first-order valence-corrected chi connectivity index (χ1v) is 3.73. The van der Waals surface area contributed by atoms with E-state index in [0.29, 0.717) is 5.04 Å². The Morgan fingerprint density at radius 1 is 1.78 bits per heavy atom. The molecule has 1 atom stereocenters. The van der Waals surface area contributed by atoms with E-state index < -0.39 is 10.8 Å². The van der Waals surface area contributed by atoms with Crippen molar-refractivity contribution < 1.29 is 9.00 Å². The van der Waals surface area contributed by atoms with Crippen molar-refractivity contribution in [3.63, 3.8) is 0 Å². The zero-order valence-corrected chi connectivity index (χ0v) is 5.70. The number of carbonyl (C=O) groups excluding carboxylic acids is 1. The van der Waals surface area contributed by atoms with Crippen molar-refractivity contribution in [1.82, 2.24) is 5.43 Å². The molecule has 0 aromatic carbocycles. The minimum Gasteiger partial charge on any atom is -0.272 e. The van der Waals surface area contributed by atoms with Crippen LogP contribution in [-0.4, -0.2) is 20.9 Å². The summed E-state index contributed by atoms with van der Waals surface area (Å²) >= 11 is 0. The summed E-state index contributed by atoms with van der Waals surface area (Å²) in [5, 5.41) is 3.99. The number of carbonyl (C=O) groups is 1. The molecule has 9 heavy (non-hydrogen) atoms. The van der Waals surface area contributed by atoms with Gasteiger partial charge in [0.15, 0.2) is 0 Å². The molecule has 50 valence electrons. The summed E-state index contributed by atoms with van der Waals surface area (Å²) in [5.41, 5.74) is 2.22. The van der Waals surface area contributed by atoms with Crippen molar-refractivity contribution in [1.29, 1.82) is 0 Å². The van der Waals surface area contributed by atoms with Crippen LogP contribution in [0.4, 0.5) is 0 Å². The molecule has 4 nitrogen and oxygen atoms in total. The third-order valence-corrected chi connectivity index (χ3v) is 2.20. The fraction of sp³-hybridized carbons (Fsp3) is 0.500. The number of hydrogen-bond acceptors (Lipinski definition) is 3. The van der Waals surface area contributed by atoms with E-state index in [1.54, 1.807) is 6.92 Å². The summed E-state index contributed by atoms with van der Waals surface area (Å²) in [6.45, 7) is 1.62. The molecule has 1 aliphatic heterocycles. The molecule has 1 amide bonds. The molecule has 1 aliphatic rings. The summed E-state index contributed by atoms with van der Waals surface area (Å²) in [6, 6.07) is 0. The summed E-state index contributed by atoms with van der Waals surface area (Å²) in [6.07, 6.45) is 0. The molecule has 1 unspecified atom stereocenters. The fourth-order valence-electron chi connectivity index (χ4n) is 0.448. The van der Waals surface area contributed by atoms with E-state index in [0.717, 1.165) is 0 Å². The summed E-state index contributed by atoms with van der Waals surface area (Å²) in [7, 11) is -1.18. The van der Waals surface area contributed by atoms with Gasteiger partial charge in [-0.25, -0.2) is 5.43 Å². The van der Waals surface area contributed by atoms with Gasteiger partial charge in [0.25, 0.3) is 5.91 Å². The van der Waals surface area contributed by atoms with E-state index in [1.807, 2.05) is 0 Å². The second kappa shape index (κ2) is 2.26. The predicted octanol–water partition coefficient (Wildman–Crippen LogP) is -0.802. The number of hydrazone groups is 1. The number of amides is 1. The molecule has 0 radical (unpaired) electrons. The van der Waals surface area contributed by atoms with E-state index in [1.165, 1.54) is 0 Å². The Morgan fingerprint density at radius 2 is 2.44 bits per heavy atom. The maximum atomic E-state index is 10.7. The van der Waals surface area contributed by atoms with Crippen LogP contribution in [0.1, 0.15) is 6.92 Å². The smallest absolute Gasteiger partial charge is 0.253 e. The quantitative estimate of drug-likeness (QED) is 0.486.